The van der Waals surface area contributed by atoms with E-state index >= 15 is 0 Å². The number of hydrogen-bond donors (Lipinski definition) is 2. The van der Waals surface area contributed by atoms with Gasteiger partial charge in [-0.2, -0.15) is 0 Å². The van der Waals surface area contributed by atoms with Gasteiger partial charge in [0.1, 0.15) is 6.04 Å². The van der Waals surface area contributed by atoms with Crippen LogP contribution in [0.1, 0.15) is 30.4 Å². The summed E-state index contributed by atoms with van der Waals surface area (Å²) in [5.74, 6) is 0.126. The zero-order valence-corrected chi connectivity index (χ0v) is 12.6. The van der Waals surface area contributed by atoms with Crippen molar-refractivity contribution in [3.05, 3.63) is 53.6 Å². The molecule has 0 bridgehead atoms. The maximum Gasteiger partial charge on any atom is 0.242 e. The lowest BCUT2D eigenvalue weighted by Gasteiger charge is -2.17. The van der Waals surface area contributed by atoms with E-state index in [4.69, 9.17) is 0 Å². The lowest BCUT2D eigenvalue weighted by molar-refractivity contribution is -0.121. The van der Waals surface area contributed by atoms with Crippen LogP contribution < -0.4 is 10.6 Å². The van der Waals surface area contributed by atoms with E-state index < -0.39 is 0 Å². The lowest BCUT2D eigenvalue weighted by atomic mass is 10.0. The molecule has 22 heavy (non-hydrogen) atoms. The van der Waals surface area contributed by atoms with Gasteiger partial charge in [0.2, 0.25) is 5.91 Å². The van der Waals surface area contributed by atoms with E-state index in [0.29, 0.717) is 0 Å². The summed E-state index contributed by atoms with van der Waals surface area (Å²) < 4.78 is 0. The minimum atomic E-state index is -0.107. The first-order valence-corrected chi connectivity index (χ1v) is 8.07. The molecule has 2 aromatic rings. The molecule has 1 fully saturated rings. The number of anilines is 1. The van der Waals surface area contributed by atoms with E-state index in [2.05, 4.69) is 53.1 Å². The van der Waals surface area contributed by atoms with Crippen molar-refractivity contribution in [2.75, 3.05) is 11.9 Å². The normalized spacial score (nSPS) is 19.8. The standard InChI is InChI=1S/C19H20N2O/c22-19-18(7-3-4-10-20-19)21-15-8-9-17-14(12-15)11-13-5-1-2-6-16(13)17/h1-2,5-6,8-9,12,18,21H,3-4,7,10-11H2,(H,20,22). The van der Waals surface area contributed by atoms with Gasteiger partial charge in [0.15, 0.2) is 0 Å². The molecule has 2 aliphatic rings. The summed E-state index contributed by atoms with van der Waals surface area (Å²) in [5.41, 5.74) is 6.46. The SMILES string of the molecule is O=C1NCCCCC1Nc1ccc2c(c1)Cc1ccccc1-2. The van der Waals surface area contributed by atoms with Gasteiger partial charge in [-0.1, -0.05) is 30.3 Å². The number of benzene rings is 2. The molecular formula is C19H20N2O. The Morgan fingerprint density at radius 1 is 1.00 bits per heavy atom. The Balaban J connectivity index is 1.58. The summed E-state index contributed by atoms with van der Waals surface area (Å²) in [7, 11) is 0. The van der Waals surface area contributed by atoms with Crippen molar-refractivity contribution in [1.82, 2.24) is 5.32 Å². The van der Waals surface area contributed by atoms with Gasteiger partial charge in [-0.25, -0.2) is 0 Å². The molecular weight excluding hydrogens is 272 g/mol. The average Bonchev–Trinajstić information content (AvgIpc) is 2.78. The molecule has 2 aromatic carbocycles. The quantitative estimate of drug-likeness (QED) is 0.760. The van der Waals surface area contributed by atoms with E-state index in [-0.39, 0.29) is 11.9 Å². The van der Waals surface area contributed by atoms with Gasteiger partial charge < -0.3 is 10.6 Å². The molecule has 0 aromatic heterocycles. The second kappa shape index (κ2) is 5.48. The molecule has 1 saturated heterocycles. The second-order valence-electron chi connectivity index (χ2n) is 6.19. The third kappa shape index (κ3) is 2.37. The Morgan fingerprint density at radius 3 is 2.82 bits per heavy atom. The average molecular weight is 292 g/mol. The molecule has 1 aliphatic heterocycles. The maximum atomic E-state index is 12.1. The van der Waals surface area contributed by atoms with Crippen LogP contribution in [0.5, 0.6) is 0 Å². The number of nitrogens with one attached hydrogen (secondary N) is 2. The number of amides is 1. The fraction of sp³-hybridized carbons (Fsp3) is 0.316. The zero-order chi connectivity index (χ0) is 14.9. The Bertz CT molecular complexity index is 723. The predicted octanol–water partition coefficient (Wildman–Crippen LogP) is 3.34. The van der Waals surface area contributed by atoms with Crippen molar-refractivity contribution < 1.29 is 4.79 Å². The largest absolute Gasteiger partial charge is 0.374 e. The van der Waals surface area contributed by atoms with E-state index in [0.717, 1.165) is 37.9 Å². The van der Waals surface area contributed by atoms with Crippen molar-refractivity contribution in [2.24, 2.45) is 0 Å². The molecule has 3 nitrogen and oxygen atoms in total. The molecule has 2 N–H and O–H groups in total. The Labute approximate surface area is 130 Å². The van der Waals surface area contributed by atoms with Crippen LogP contribution in [0, 0.1) is 0 Å². The highest BCUT2D eigenvalue weighted by molar-refractivity contribution is 5.85. The van der Waals surface area contributed by atoms with Gasteiger partial charge >= 0.3 is 0 Å². The molecule has 0 spiro atoms. The summed E-state index contributed by atoms with van der Waals surface area (Å²) in [5, 5.41) is 6.39. The molecule has 1 unspecified atom stereocenters. The van der Waals surface area contributed by atoms with Crippen LogP contribution in [-0.2, 0) is 11.2 Å². The van der Waals surface area contributed by atoms with Crippen LogP contribution in [-0.4, -0.2) is 18.5 Å². The van der Waals surface area contributed by atoms with Crippen LogP contribution in [0.3, 0.4) is 0 Å². The van der Waals surface area contributed by atoms with Crippen molar-refractivity contribution in [3.63, 3.8) is 0 Å². The first kappa shape index (κ1) is 13.4. The summed E-state index contributed by atoms with van der Waals surface area (Å²) in [4.78, 5) is 12.1. The number of carbonyl (C=O) groups excluding carboxylic acids is 1. The first-order valence-electron chi connectivity index (χ1n) is 8.07. The summed E-state index contributed by atoms with van der Waals surface area (Å²) in [6.45, 7) is 0.802. The minimum absolute atomic E-state index is 0.107. The molecule has 3 heteroatoms. The predicted molar refractivity (Wildman–Crippen MR) is 89.0 cm³/mol. The molecule has 1 amide bonds. The third-order valence-electron chi connectivity index (χ3n) is 4.67. The highest BCUT2D eigenvalue weighted by Gasteiger charge is 2.22. The fourth-order valence-corrected chi connectivity index (χ4v) is 3.51. The zero-order valence-electron chi connectivity index (χ0n) is 12.6. The van der Waals surface area contributed by atoms with Crippen LogP contribution in [0.4, 0.5) is 5.69 Å². The van der Waals surface area contributed by atoms with Gasteiger partial charge in [-0.3, -0.25) is 4.79 Å². The van der Waals surface area contributed by atoms with E-state index in [1.54, 1.807) is 0 Å². The number of fused-ring (bicyclic) bond motifs is 3. The van der Waals surface area contributed by atoms with Gasteiger partial charge in [0.25, 0.3) is 0 Å². The first-order chi connectivity index (χ1) is 10.8. The Hall–Kier alpha value is -2.29. The van der Waals surface area contributed by atoms with E-state index in [1.807, 2.05) is 0 Å². The number of carbonyl (C=O) groups is 1. The summed E-state index contributed by atoms with van der Waals surface area (Å²) >= 11 is 0. The van der Waals surface area contributed by atoms with Crippen molar-refractivity contribution in [3.8, 4) is 11.1 Å². The molecule has 1 heterocycles. The van der Waals surface area contributed by atoms with Crippen LogP contribution in [0.15, 0.2) is 42.5 Å². The number of rotatable bonds is 2. The molecule has 0 saturated carbocycles. The summed E-state index contributed by atoms with van der Waals surface area (Å²) in [6.07, 6.45) is 4.05. The maximum absolute atomic E-state index is 12.1. The van der Waals surface area contributed by atoms with Crippen LogP contribution in [0.25, 0.3) is 11.1 Å². The Morgan fingerprint density at radius 2 is 1.86 bits per heavy atom. The van der Waals surface area contributed by atoms with Gasteiger partial charge in [0, 0.05) is 12.2 Å². The molecule has 112 valence electrons. The molecule has 1 atom stereocenters. The number of hydrogen-bond acceptors (Lipinski definition) is 2. The highest BCUT2D eigenvalue weighted by atomic mass is 16.2. The third-order valence-corrected chi connectivity index (χ3v) is 4.67. The van der Waals surface area contributed by atoms with Crippen molar-refractivity contribution in [1.29, 1.82) is 0 Å². The molecule has 4 rings (SSSR count). The Kier molecular flexibility index (Phi) is 3.34. The van der Waals surface area contributed by atoms with Crippen molar-refractivity contribution >= 4 is 11.6 Å². The lowest BCUT2D eigenvalue weighted by Crippen LogP contribution is -2.37. The minimum Gasteiger partial charge on any atom is -0.374 e. The molecule has 1 aliphatic carbocycles. The second-order valence-corrected chi connectivity index (χ2v) is 6.19. The van der Waals surface area contributed by atoms with Gasteiger partial charge in [0.05, 0.1) is 0 Å². The summed E-state index contributed by atoms with van der Waals surface area (Å²) in [6, 6.07) is 14.9. The van der Waals surface area contributed by atoms with E-state index in [9.17, 15) is 4.79 Å². The molecule has 0 radical (unpaired) electrons. The van der Waals surface area contributed by atoms with Gasteiger partial charge in [-0.15, -0.1) is 0 Å². The van der Waals surface area contributed by atoms with E-state index in [1.165, 1.54) is 22.3 Å². The van der Waals surface area contributed by atoms with Crippen LogP contribution in [0.2, 0.25) is 0 Å². The fourth-order valence-electron chi connectivity index (χ4n) is 3.51. The monoisotopic (exact) mass is 292 g/mol. The van der Waals surface area contributed by atoms with Gasteiger partial charge in [-0.05, 0) is 60.1 Å². The smallest absolute Gasteiger partial charge is 0.242 e. The van der Waals surface area contributed by atoms with Crippen LogP contribution >= 0.6 is 0 Å². The van der Waals surface area contributed by atoms with Crippen molar-refractivity contribution in [2.45, 2.75) is 31.7 Å². The highest BCUT2D eigenvalue weighted by Crippen LogP contribution is 2.37. The topological polar surface area (TPSA) is 41.1 Å².